The van der Waals surface area contributed by atoms with Gasteiger partial charge in [0.05, 0.1) is 13.2 Å². The van der Waals surface area contributed by atoms with Crippen LogP contribution in [0.4, 0.5) is 0 Å². The fourth-order valence-corrected chi connectivity index (χ4v) is 1.66. The van der Waals surface area contributed by atoms with Gasteiger partial charge in [-0.2, -0.15) is 0 Å². The average molecular weight is 248 g/mol. The summed E-state index contributed by atoms with van der Waals surface area (Å²) in [5.74, 6) is 0.935. The van der Waals surface area contributed by atoms with Crippen molar-refractivity contribution in [2.45, 2.75) is 38.4 Å². The van der Waals surface area contributed by atoms with Crippen LogP contribution in [0.1, 0.15) is 25.3 Å². The number of carbonyl (C=O) groups is 1. The minimum atomic E-state index is -0.160. The van der Waals surface area contributed by atoms with Crippen molar-refractivity contribution in [3.05, 3.63) is 29.8 Å². The minimum absolute atomic E-state index is 0.0889. The molecule has 0 bridgehead atoms. The maximum Gasteiger partial charge on any atom is 0.237 e. The quantitative estimate of drug-likeness (QED) is 0.801. The molecule has 0 heterocycles. The average Bonchev–Trinajstić information content (AvgIpc) is 3.20. The smallest absolute Gasteiger partial charge is 0.237 e. The standard InChI is InChI=1S/C14H20N2O2/c1-10(14(17)16-12-5-6-12)15-9-11-3-7-13(18-2)8-4-11/h3-4,7-8,10,12,15H,5-6,9H2,1-2H3,(H,16,17). The second kappa shape index (κ2) is 5.87. The molecule has 18 heavy (non-hydrogen) atoms. The third-order valence-corrected chi connectivity index (χ3v) is 3.09. The van der Waals surface area contributed by atoms with Crippen LogP contribution in [0.3, 0.4) is 0 Å². The third kappa shape index (κ3) is 3.74. The molecule has 1 fully saturated rings. The highest BCUT2D eigenvalue weighted by molar-refractivity contribution is 5.81. The van der Waals surface area contributed by atoms with Gasteiger partial charge in [0.1, 0.15) is 5.75 Å². The number of carbonyl (C=O) groups excluding carboxylic acids is 1. The lowest BCUT2D eigenvalue weighted by Crippen LogP contribution is -2.42. The van der Waals surface area contributed by atoms with Gasteiger partial charge in [-0.1, -0.05) is 12.1 Å². The second-order valence-electron chi connectivity index (χ2n) is 4.73. The largest absolute Gasteiger partial charge is 0.497 e. The van der Waals surface area contributed by atoms with Gasteiger partial charge in [-0.15, -0.1) is 0 Å². The number of hydrogen-bond donors (Lipinski definition) is 2. The Morgan fingerprint density at radius 3 is 2.61 bits per heavy atom. The number of ether oxygens (including phenoxy) is 1. The molecule has 1 saturated carbocycles. The first-order valence-electron chi connectivity index (χ1n) is 6.35. The lowest BCUT2D eigenvalue weighted by Gasteiger charge is -2.13. The molecule has 4 nitrogen and oxygen atoms in total. The first-order valence-corrected chi connectivity index (χ1v) is 6.35. The monoisotopic (exact) mass is 248 g/mol. The summed E-state index contributed by atoms with van der Waals surface area (Å²) in [7, 11) is 1.65. The van der Waals surface area contributed by atoms with E-state index in [1.54, 1.807) is 7.11 Å². The van der Waals surface area contributed by atoms with Gasteiger partial charge in [-0.3, -0.25) is 4.79 Å². The van der Waals surface area contributed by atoms with Crippen LogP contribution in [-0.2, 0) is 11.3 Å². The third-order valence-electron chi connectivity index (χ3n) is 3.09. The number of methoxy groups -OCH3 is 1. The van der Waals surface area contributed by atoms with Crippen molar-refractivity contribution in [1.29, 1.82) is 0 Å². The Morgan fingerprint density at radius 1 is 1.39 bits per heavy atom. The topological polar surface area (TPSA) is 50.4 Å². The molecule has 1 aromatic carbocycles. The van der Waals surface area contributed by atoms with Crippen LogP contribution in [0.25, 0.3) is 0 Å². The molecule has 0 radical (unpaired) electrons. The van der Waals surface area contributed by atoms with Gasteiger partial charge in [-0.05, 0) is 37.5 Å². The first-order chi connectivity index (χ1) is 8.69. The molecule has 4 heteroatoms. The Labute approximate surface area is 108 Å². The van der Waals surface area contributed by atoms with E-state index in [0.717, 1.165) is 24.2 Å². The molecule has 0 aliphatic heterocycles. The molecule has 2 rings (SSSR count). The van der Waals surface area contributed by atoms with Crippen LogP contribution >= 0.6 is 0 Å². The highest BCUT2D eigenvalue weighted by Crippen LogP contribution is 2.18. The zero-order valence-corrected chi connectivity index (χ0v) is 10.9. The molecule has 2 N–H and O–H groups in total. The summed E-state index contributed by atoms with van der Waals surface area (Å²) < 4.78 is 5.10. The van der Waals surface area contributed by atoms with Gasteiger partial charge in [0.2, 0.25) is 5.91 Å². The zero-order chi connectivity index (χ0) is 13.0. The van der Waals surface area contributed by atoms with Crippen LogP contribution in [-0.4, -0.2) is 25.1 Å². The van der Waals surface area contributed by atoms with Crippen LogP contribution in [0.15, 0.2) is 24.3 Å². The summed E-state index contributed by atoms with van der Waals surface area (Å²) in [4.78, 5) is 11.7. The molecule has 1 aliphatic rings. The predicted molar refractivity (Wildman–Crippen MR) is 70.5 cm³/mol. The Balaban J connectivity index is 1.76. The van der Waals surface area contributed by atoms with E-state index in [9.17, 15) is 4.79 Å². The lowest BCUT2D eigenvalue weighted by atomic mass is 10.2. The van der Waals surface area contributed by atoms with Crippen molar-refractivity contribution >= 4 is 5.91 Å². The molecular formula is C14H20N2O2. The predicted octanol–water partition coefficient (Wildman–Crippen LogP) is 1.45. The van der Waals surface area contributed by atoms with E-state index in [0.29, 0.717) is 12.6 Å². The molecule has 98 valence electrons. The van der Waals surface area contributed by atoms with Gasteiger partial charge in [0.15, 0.2) is 0 Å². The number of nitrogens with one attached hydrogen (secondary N) is 2. The summed E-state index contributed by atoms with van der Waals surface area (Å²) in [5.41, 5.74) is 1.14. The van der Waals surface area contributed by atoms with Crippen molar-refractivity contribution in [3.8, 4) is 5.75 Å². The SMILES string of the molecule is COc1ccc(CNC(C)C(=O)NC2CC2)cc1. The molecule has 1 aliphatic carbocycles. The molecule has 0 spiro atoms. The van der Waals surface area contributed by atoms with Crippen LogP contribution in [0, 0.1) is 0 Å². The highest BCUT2D eigenvalue weighted by atomic mass is 16.5. The van der Waals surface area contributed by atoms with Crippen LogP contribution in [0.2, 0.25) is 0 Å². The molecule has 1 amide bonds. The van der Waals surface area contributed by atoms with Gasteiger partial charge in [-0.25, -0.2) is 0 Å². The van der Waals surface area contributed by atoms with Gasteiger partial charge in [0.25, 0.3) is 0 Å². The zero-order valence-electron chi connectivity index (χ0n) is 10.9. The van der Waals surface area contributed by atoms with E-state index >= 15 is 0 Å². The van der Waals surface area contributed by atoms with E-state index in [-0.39, 0.29) is 11.9 Å². The summed E-state index contributed by atoms with van der Waals surface area (Å²) in [6.45, 7) is 2.57. The van der Waals surface area contributed by atoms with Crippen molar-refractivity contribution in [3.63, 3.8) is 0 Å². The molecule has 1 atom stereocenters. The minimum Gasteiger partial charge on any atom is -0.497 e. The van der Waals surface area contributed by atoms with Crippen molar-refractivity contribution in [2.75, 3.05) is 7.11 Å². The number of hydrogen-bond acceptors (Lipinski definition) is 3. The van der Waals surface area contributed by atoms with E-state index < -0.39 is 0 Å². The van der Waals surface area contributed by atoms with E-state index in [1.807, 2.05) is 31.2 Å². The highest BCUT2D eigenvalue weighted by Gasteiger charge is 2.25. The summed E-state index contributed by atoms with van der Waals surface area (Å²) in [6, 6.07) is 8.10. The number of benzene rings is 1. The first kappa shape index (κ1) is 12.9. The van der Waals surface area contributed by atoms with Gasteiger partial charge < -0.3 is 15.4 Å². The number of rotatable bonds is 6. The van der Waals surface area contributed by atoms with Crippen LogP contribution in [0.5, 0.6) is 5.75 Å². The lowest BCUT2D eigenvalue weighted by molar-refractivity contribution is -0.122. The maximum absolute atomic E-state index is 11.7. The normalized spacial score (nSPS) is 16.1. The Morgan fingerprint density at radius 2 is 2.06 bits per heavy atom. The fourth-order valence-electron chi connectivity index (χ4n) is 1.66. The molecule has 1 aromatic rings. The molecule has 1 unspecified atom stereocenters. The fraction of sp³-hybridized carbons (Fsp3) is 0.500. The Hall–Kier alpha value is -1.55. The Kier molecular flexibility index (Phi) is 4.20. The molecule has 0 aromatic heterocycles. The van der Waals surface area contributed by atoms with Crippen molar-refractivity contribution < 1.29 is 9.53 Å². The van der Waals surface area contributed by atoms with Gasteiger partial charge in [0, 0.05) is 12.6 Å². The second-order valence-corrected chi connectivity index (χ2v) is 4.73. The van der Waals surface area contributed by atoms with E-state index in [4.69, 9.17) is 4.74 Å². The maximum atomic E-state index is 11.7. The van der Waals surface area contributed by atoms with Crippen molar-refractivity contribution in [2.24, 2.45) is 0 Å². The van der Waals surface area contributed by atoms with Crippen LogP contribution < -0.4 is 15.4 Å². The van der Waals surface area contributed by atoms with E-state index in [2.05, 4.69) is 10.6 Å². The number of amides is 1. The summed E-state index contributed by atoms with van der Waals surface area (Å²) in [6.07, 6.45) is 2.24. The van der Waals surface area contributed by atoms with Gasteiger partial charge >= 0.3 is 0 Å². The van der Waals surface area contributed by atoms with E-state index in [1.165, 1.54) is 0 Å². The summed E-state index contributed by atoms with van der Waals surface area (Å²) >= 11 is 0. The molecular weight excluding hydrogens is 228 g/mol. The summed E-state index contributed by atoms with van der Waals surface area (Å²) in [5, 5.41) is 6.20. The Bertz CT molecular complexity index is 399. The van der Waals surface area contributed by atoms with Crippen molar-refractivity contribution in [1.82, 2.24) is 10.6 Å². The molecule has 0 saturated heterocycles.